The van der Waals surface area contributed by atoms with E-state index in [4.69, 9.17) is 5.73 Å². The molecule has 0 aromatic rings. The molecule has 0 heterocycles. The highest BCUT2D eigenvalue weighted by Gasteiger charge is 2.24. The van der Waals surface area contributed by atoms with Crippen LogP contribution in [0.15, 0.2) is 0 Å². The van der Waals surface area contributed by atoms with Gasteiger partial charge >= 0.3 is 0 Å². The van der Waals surface area contributed by atoms with Gasteiger partial charge in [-0.15, -0.1) is 0 Å². The van der Waals surface area contributed by atoms with Crippen molar-refractivity contribution in [2.45, 2.75) is 45.7 Å². The van der Waals surface area contributed by atoms with Crippen molar-refractivity contribution in [3.05, 3.63) is 0 Å². The maximum atomic E-state index is 11.6. The summed E-state index contributed by atoms with van der Waals surface area (Å²) in [7, 11) is 1.91. The summed E-state index contributed by atoms with van der Waals surface area (Å²) < 4.78 is 0. The van der Waals surface area contributed by atoms with Crippen LogP contribution in [0.5, 0.6) is 0 Å². The van der Waals surface area contributed by atoms with Gasteiger partial charge in [-0.1, -0.05) is 0 Å². The number of nitrogens with zero attached hydrogens (tertiary/aromatic N) is 1. The Morgan fingerprint density at radius 3 is 2.07 bits per heavy atom. The molecule has 15 heavy (non-hydrogen) atoms. The minimum absolute atomic E-state index is 0.0338. The standard InChI is InChI=1S/C11H25N3O/c1-10(2,3)13-9(15)7-14(6)11(4,5)8-12/h7-8,12H2,1-6H3,(H,13,15). The van der Waals surface area contributed by atoms with Gasteiger partial charge in [0.1, 0.15) is 0 Å². The van der Waals surface area contributed by atoms with E-state index in [9.17, 15) is 4.79 Å². The Kier molecular flexibility index (Phi) is 4.74. The maximum Gasteiger partial charge on any atom is 0.234 e. The minimum Gasteiger partial charge on any atom is -0.350 e. The number of nitrogens with two attached hydrogens (primary N) is 1. The number of hydrogen-bond donors (Lipinski definition) is 2. The van der Waals surface area contributed by atoms with Gasteiger partial charge in [-0.25, -0.2) is 0 Å². The van der Waals surface area contributed by atoms with Crippen molar-refractivity contribution in [2.75, 3.05) is 20.1 Å². The van der Waals surface area contributed by atoms with Crippen LogP contribution in [0.25, 0.3) is 0 Å². The fraction of sp³-hybridized carbons (Fsp3) is 0.909. The minimum atomic E-state index is -0.176. The third kappa shape index (κ3) is 5.74. The van der Waals surface area contributed by atoms with Gasteiger partial charge in [0.05, 0.1) is 6.54 Å². The van der Waals surface area contributed by atoms with Crippen LogP contribution in [0.4, 0.5) is 0 Å². The van der Waals surface area contributed by atoms with Crippen molar-refractivity contribution in [2.24, 2.45) is 5.73 Å². The van der Waals surface area contributed by atoms with Gasteiger partial charge in [-0.05, 0) is 41.7 Å². The molecule has 3 N–H and O–H groups in total. The normalized spacial score (nSPS) is 13.1. The number of carbonyl (C=O) groups is 1. The highest BCUT2D eigenvalue weighted by molar-refractivity contribution is 5.78. The summed E-state index contributed by atoms with van der Waals surface area (Å²) >= 11 is 0. The third-order valence-corrected chi connectivity index (χ3v) is 2.43. The van der Waals surface area contributed by atoms with Crippen LogP contribution in [-0.2, 0) is 4.79 Å². The third-order valence-electron chi connectivity index (χ3n) is 2.43. The van der Waals surface area contributed by atoms with Crippen LogP contribution >= 0.6 is 0 Å². The van der Waals surface area contributed by atoms with E-state index in [0.29, 0.717) is 13.1 Å². The molecule has 0 radical (unpaired) electrons. The van der Waals surface area contributed by atoms with Gasteiger partial charge in [0.2, 0.25) is 5.91 Å². The largest absolute Gasteiger partial charge is 0.350 e. The molecule has 0 aromatic carbocycles. The van der Waals surface area contributed by atoms with E-state index in [1.807, 2.05) is 46.6 Å². The molecule has 0 fully saturated rings. The SMILES string of the molecule is CN(CC(=O)NC(C)(C)C)C(C)(C)CN. The van der Waals surface area contributed by atoms with E-state index in [1.165, 1.54) is 0 Å². The highest BCUT2D eigenvalue weighted by atomic mass is 16.2. The molecular formula is C11H25N3O. The lowest BCUT2D eigenvalue weighted by molar-refractivity contribution is -0.124. The quantitative estimate of drug-likeness (QED) is 0.721. The Morgan fingerprint density at radius 1 is 1.27 bits per heavy atom. The topological polar surface area (TPSA) is 58.4 Å². The van der Waals surface area contributed by atoms with Crippen LogP contribution in [0.3, 0.4) is 0 Å². The average Bonchev–Trinajstić information content (AvgIpc) is 2.00. The molecule has 4 nitrogen and oxygen atoms in total. The fourth-order valence-electron chi connectivity index (χ4n) is 1.04. The molecule has 0 aliphatic heterocycles. The molecule has 0 aliphatic rings. The Hall–Kier alpha value is -0.610. The number of amides is 1. The highest BCUT2D eigenvalue weighted by Crippen LogP contribution is 2.09. The molecule has 0 saturated carbocycles. The predicted molar refractivity (Wildman–Crippen MR) is 63.7 cm³/mol. The van der Waals surface area contributed by atoms with Crippen LogP contribution in [0, 0.1) is 0 Å². The summed E-state index contributed by atoms with van der Waals surface area (Å²) in [4.78, 5) is 13.6. The van der Waals surface area contributed by atoms with Crippen molar-refractivity contribution in [1.82, 2.24) is 10.2 Å². The Labute approximate surface area is 93.2 Å². The molecule has 0 saturated heterocycles. The monoisotopic (exact) mass is 215 g/mol. The van der Waals surface area contributed by atoms with Crippen LogP contribution < -0.4 is 11.1 Å². The van der Waals surface area contributed by atoms with E-state index in [-0.39, 0.29) is 17.0 Å². The molecule has 0 unspecified atom stereocenters. The van der Waals surface area contributed by atoms with Gasteiger partial charge in [0.25, 0.3) is 0 Å². The zero-order valence-corrected chi connectivity index (χ0v) is 10.8. The fourth-order valence-corrected chi connectivity index (χ4v) is 1.04. The molecule has 0 aromatic heterocycles. The summed E-state index contributed by atoms with van der Waals surface area (Å²) in [5.74, 6) is 0.0338. The van der Waals surface area contributed by atoms with Crippen LogP contribution in [0.1, 0.15) is 34.6 Å². The van der Waals surface area contributed by atoms with E-state index < -0.39 is 0 Å². The number of hydrogen-bond acceptors (Lipinski definition) is 3. The van der Waals surface area contributed by atoms with E-state index in [1.54, 1.807) is 0 Å². The summed E-state index contributed by atoms with van der Waals surface area (Å²) in [5.41, 5.74) is 5.32. The van der Waals surface area contributed by atoms with Crippen molar-refractivity contribution < 1.29 is 4.79 Å². The first-order chi connectivity index (χ1) is 6.58. The van der Waals surface area contributed by atoms with Gasteiger partial charge in [-0.2, -0.15) is 0 Å². The first-order valence-corrected chi connectivity index (χ1v) is 5.31. The van der Waals surface area contributed by atoms with Gasteiger partial charge < -0.3 is 11.1 Å². The van der Waals surface area contributed by atoms with Gasteiger partial charge in [0.15, 0.2) is 0 Å². The number of nitrogens with one attached hydrogen (secondary N) is 1. The second-order valence-electron chi connectivity index (χ2n) is 5.67. The maximum absolute atomic E-state index is 11.6. The Morgan fingerprint density at radius 2 is 1.73 bits per heavy atom. The van der Waals surface area contributed by atoms with Crippen LogP contribution in [0.2, 0.25) is 0 Å². The molecule has 4 heteroatoms. The molecular weight excluding hydrogens is 190 g/mol. The second kappa shape index (κ2) is 4.94. The molecule has 0 rings (SSSR count). The lowest BCUT2D eigenvalue weighted by Crippen LogP contribution is -2.52. The van der Waals surface area contributed by atoms with Crippen molar-refractivity contribution >= 4 is 5.91 Å². The van der Waals surface area contributed by atoms with E-state index in [0.717, 1.165) is 0 Å². The number of likely N-dealkylation sites (N-methyl/N-ethyl adjacent to an activating group) is 1. The molecule has 0 bridgehead atoms. The smallest absolute Gasteiger partial charge is 0.234 e. The van der Waals surface area contributed by atoms with Crippen molar-refractivity contribution in [3.63, 3.8) is 0 Å². The zero-order valence-electron chi connectivity index (χ0n) is 10.8. The predicted octanol–water partition coefficient (Wildman–Crippen LogP) is 0.570. The first kappa shape index (κ1) is 14.4. The lowest BCUT2D eigenvalue weighted by atomic mass is 10.0. The number of rotatable bonds is 4. The second-order valence-corrected chi connectivity index (χ2v) is 5.67. The summed E-state index contributed by atoms with van der Waals surface area (Å²) in [6, 6.07) is 0. The molecule has 0 spiro atoms. The molecule has 0 aliphatic carbocycles. The summed E-state index contributed by atoms with van der Waals surface area (Å²) in [6.45, 7) is 10.9. The first-order valence-electron chi connectivity index (χ1n) is 5.31. The summed E-state index contributed by atoms with van der Waals surface area (Å²) in [6.07, 6.45) is 0. The lowest BCUT2D eigenvalue weighted by Gasteiger charge is -2.34. The van der Waals surface area contributed by atoms with Crippen LogP contribution in [-0.4, -0.2) is 42.0 Å². The van der Waals surface area contributed by atoms with Crippen molar-refractivity contribution in [1.29, 1.82) is 0 Å². The summed E-state index contributed by atoms with van der Waals surface area (Å²) in [5, 5.41) is 2.92. The zero-order chi connectivity index (χ0) is 12.3. The molecule has 1 amide bonds. The van der Waals surface area contributed by atoms with Gasteiger partial charge in [-0.3, -0.25) is 9.69 Å². The molecule has 90 valence electrons. The number of carbonyl (C=O) groups excluding carboxylic acids is 1. The Bertz CT molecular complexity index is 218. The van der Waals surface area contributed by atoms with Crippen molar-refractivity contribution in [3.8, 4) is 0 Å². The Balaban J connectivity index is 4.20. The van der Waals surface area contributed by atoms with Gasteiger partial charge in [0, 0.05) is 17.6 Å². The average molecular weight is 215 g/mol. The van der Waals surface area contributed by atoms with E-state index >= 15 is 0 Å². The van der Waals surface area contributed by atoms with E-state index in [2.05, 4.69) is 5.32 Å². The molecule has 0 atom stereocenters.